The molecule has 0 spiro atoms. The van der Waals surface area contributed by atoms with Crippen LogP contribution in [0.25, 0.3) is 0 Å². The van der Waals surface area contributed by atoms with E-state index in [1.54, 1.807) is 18.7 Å². The summed E-state index contributed by atoms with van der Waals surface area (Å²) in [5, 5.41) is 6.60. The van der Waals surface area contributed by atoms with Gasteiger partial charge in [-0.1, -0.05) is 22.9 Å². The Kier molecular flexibility index (Phi) is 5.52. The Morgan fingerprint density at radius 2 is 1.78 bits per heavy atom. The number of nitrogens with zero attached hydrogens (tertiary/aromatic N) is 3. The lowest BCUT2D eigenvalue weighted by Gasteiger charge is -2.22. The van der Waals surface area contributed by atoms with Crippen molar-refractivity contribution in [2.24, 2.45) is 0 Å². The first-order chi connectivity index (χ1) is 12.8. The van der Waals surface area contributed by atoms with Crippen molar-refractivity contribution < 1.29 is 17.7 Å². The fourth-order valence-electron chi connectivity index (χ4n) is 3.15. The zero-order valence-electron chi connectivity index (χ0n) is 15.7. The molecule has 1 saturated heterocycles. The SMILES string of the molecule is Cc1ccc(NC(=O)N2CCCN(S(=O)(=O)c3c(C)noc3C)CC2)cc1. The Morgan fingerprint density at radius 3 is 2.41 bits per heavy atom. The molecule has 1 N–H and O–H groups in total. The van der Waals surface area contributed by atoms with Crippen LogP contribution in [0.4, 0.5) is 10.5 Å². The monoisotopic (exact) mass is 392 g/mol. The first-order valence-corrected chi connectivity index (χ1v) is 10.3. The number of nitrogens with one attached hydrogen (secondary N) is 1. The van der Waals surface area contributed by atoms with Crippen molar-refractivity contribution in [1.29, 1.82) is 0 Å². The number of carbonyl (C=O) groups excluding carboxylic acids is 1. The molecule has 3 rings (SSSR count). The van der Waals surface area contributed by atoms with E-state index in [9.17, 15) is 13.2 Å². The fourth-order valence-corrected chi connectivity index (χ4v) is 4.91. The second-order valence-electron chi connectivity index (χ2n) is 6.69. The van der Waals surface area contributed by atoms with Gasteiger partial charge in [-0.05, 0) is 39.3 Å². The molecular weight excluding hydrogens is 368 g/mol. The predicted molar refractivity (Wildman–Crippen MR) is 101 cm³/mol. The second kappa shape index (κ2) is 7.69. The van der Waals surface area contributed by atoms with Gasteiger partial charge in [-0.3, -0.25) is 0 Å². The molecular formula is C18H24N4O4S. The molecule has 1 fully saturated rings. The minimum Gasteiger partial charge on any atom is -0.360 e. The Morgan fingerprint density at radius 1 is 1.07 bits per heavy atom. The van der Waals surface area contributed by atoms with Crippen LogP contribution >= 0.6 is 0 Å². The van der Waals surface area contributed by atoms with Gasteiger partial charge in [-0.2, -0.15) is 4.31 Å². The van der Waals surface area contributed by atoms with Crippen molar-refractivity contribution in [3.63, 3.8) is 0 Å². The van der Waals surface area contributed by atoms with Crippen LogP contribution in [-0.2, 0) is 10.0 Å². The summed E-state index contributed by atoms with van der Waals surface area (Å²) in [7, 11) is -3.70. The molecule has 0 bridgehead atoms. The molecule has 0 saturated carbocycles. The summed E-state index contributed by atoms with van der Waals surface area (Å²) < 4.78 is 32.3. The molecule has 2 amide bonds. The van der Waals surface area contributed by atoms with Crippen molar-refractivity contribution in [2.45, 2.75) is 32.1 Å². The molecule has 146 valence electrons. The third kappa shape index (κ3) is 4.14. The Bertz CT molecular complexity index is 902. The molecule has 1 aromatic heterocycles. The quantitative estimate of drug-likeness (QED) is 0.866. The molecule has 0 atom stereocenters. The van der Waals surface area contributed by atoms with E-state index in [1.807, 2.05) is 31.2 Å². The Labute approximate surface area is 159 Å². The topological polar surface area (TPSA) is 95.8 Å². The number of aromatic nitrogens is 1. The van der Waals surface area contributed by atoms with E-state index >= 15 is 0 Å². The molecule has 9 heteroatoms. The normalized spacial score (nSPS) is 16.2. The predicted octanol–water partition coefficient (Wildman–Crippen LogP) is 2.53. The first kappa shape index (κ1) is 19.4. The van der Waals surface area contributed by atoms with Gasteiger partial charge in [-0.25, -0.2) is 13.2 Å². The number of urea groups is 1. The van der Waals surface area contributed by atoms with Crippen LogP contribution in [0.5, 0.6) is 0 Å². The van der Waals surface area contributed by atoms with Crippen molar-refractivity contribution in [3.05, 3.63) is 41.3 Å². The standard InChI is InChI=1S/C18H24N4O4S/c1-13-5-7-16(8-6-13)19-18(23)21-9-4-10-22(12-11-21)27(24,25)17-14(2)20-26-15(17)3/h5-8H,4,9-12H2,1-3H3,(H,19,23). The molecule has 2 aromatic rings. The maximum Gasteiger partial charge on any atom is 0.321 e. The summed E-state index contributed by atoms with van der Waals surface area (Å²) >= 11 is 0. The van der Waals surface area contributed by atoms with Gasteiger partial charge in [0.25, 0.3) is 0 Å². The van der Waals surface area contributed by atoms with E-state index < -0.39 is 10.0 Å². The number of benzene rings is 1. The number of rotatable bonds is 3. The smallest absolute Gasteiger partial charge is 0.321 e. The van der Waals surface area contributed by atoms with E-state index in [-0.39, 0.29) is 23.2 Å². The highest BCUT2D eigenvalue weighted by atomic mass is 32.2. The summed E-state index contributed by atoms with van der Waals surface area (Å²) in [5.41, 5.74) is 2.18. The molecule has 1 aliphatic rings. The first-order valence-electron chi connectivity index (χ1n) is 8.84. The zero-order valence-corrected chi connectivity index (χ0v) is 16.5. The van der Waals surface area contributed by atoms with Gasteiger partial charge in [-0.15, -0.1) is 0 Å². The molecule has 27 heavy (non-hydrogen) atoms. The number of sulfonamides is 1. The van der Waals surface area contributed by atoms with E-state index in [0.29, 0.717) is 31.7 Å². The van der Waals surface area contributed by atoms with E-state index in [1.165, 1.54) is 4.31 Å². The fraction of sp³-hybridized carbons (Fsp3) is 0.444. The molecule has 8 nitrogen and oxygen atoms in total. The maximum absolute atomic E-state index is 12.9. The third-order valence-corrected chi connectivity index (χ3v) is 6.75. The van der Waals surface area contributed by atoms with Crippen molar-refractivity contribution in [3.8, 4) is 0 Å². The summed E-state index contributed by atoms with van der Waals surface area (Å²) in [4.78, 5) is 14.3. The summed E-state index contributed by atoms with van der Waals surface area (Å²) in [6, 6.07) is 7.32. The highest BCUT2D eigenvalue weighted by molar-refractivity contribution is 7.89. The van der Waals surface area contributed by atoms with Gasteiger partial charge < -0.3 is 14.7 Å². The number of carbonyl (C=O) groups is 1. The molecule has 0 aliphatic carbocycles. The highest BCUT2D eigenvalue weighted by Gasteiger charge is 2.32. The molecule has 0 radical (unpaired) electrons. The van der Waals surface area contributed by atoms with Crippen LogP contribution in [0.2, 0.25) is 0 Å². The number of anilines is 1. The van der Waals surface area contributed by atoms with Crippen molar-refractivity contribution in [2.75, 3.05) is 31.5 Å². The lowest BCUT2D eigenvalue weighted by atomic mass is 10.2. The average Bonchev–Trinajstić information content (AvgIpc) is 2.83. The summed E-state index contributed by atoms with van der Waals surface area (Å²) in [5.74, 6) is 0.283. The molecule has 1 aliphatic heterocycles. The van der Waals surface area contributed by atoms with Gasteiger partial charge in [0.05, 0.1) is 0 Å². The summed E-state index contributed by atoms with van der Waals surface area (Å²) in [6.07, 6.45) is 0.559. The number of hydrogen-bond donors (Lipinski definition) is 1. The van der Waals surface area contributed by atoms with E-state index in [2.05, 4.69) is 10.5 Å². The van der Waals surface area contributed by atoms with Crippen LogP contribution in [0, 0.1) is 20.8 Å². The largest absolute Gasteiger partial charge is 0.360 e. The Balaban J connectivity index is 1.68. The number of hydrogen-bond acceptors (Lipinski definition) is 5. The Hall–Kier alpha value is -2.39. The number of aryl methyl sites for hydroxylation is 3. The van der Waals surface area contributed by atoms with Crippen LogP contribution in [-0.4, -0.2) is 55.0 Å². The second-order valence-corrected chi connectivity index (χ2v) is 8.57. The molecule has 2 heterocycles. The lowest BCUT2D eigenvalue weighted by Crippen LogP contribution is -2.39. The molecule has 0 unspecified atom stereocenters. The molecule has 1 aromatic carbocycles. The van der Waals surface area contributed by atoms with Gasteiger partial charge in [0.2, 0.25) is 10.0 Å². The third-order valence-electron chi connectivity index (χ3n) is 4.61. The maximum atomic E-state index is 12.9. The summed E-state index contributed by atoms with van der Waals surface area (Å²) in [6.45, 7) is 6.57. The van der Waals surface area contributed by atoms with Crippen molar-refractivity contribution >= 4 is 21.7 Å². The van der Waals surface area contributed by atoms with Crippen LogP contribution in [0.3, 0.4) is 0 Å². The van der Waals surface area contributed by atoms with E-state index in [0.717, 1.165) is 11.3 Å². The minimum absolute atomic E-state index is 0.125. The van der Waals surface area contributed by atoms with Gasteiger partial charge in [0.1, 0.15) is 10.6 Å². The minimum atomic E-state index is -3.70. The van der Waals surface area contributed by atoms with Gasteiger partial charge in [0.15, 0.2) is 5.76 Å². The van der Waals surface area contributed by atoms with Crippen LogP contribution < -0.4 is 5.32 Å². The van der Waals surface area contributed by atoms with Crippen LogP contribution in [0.1, 0.15) is 23.4 Å². The number of amides is 2. The van der Waals surface area contributed by atoms with Gasteiger partial charge >= 0.3 is 6.03 Å². The van der Waals surface area contributed by atoms with Gasteiger partial charge in [0, 0.05) is 31.9 Å². The lowest BCUT2D eigenvalue weighted by molar-refractivity contribution is 0.214. The van der Waals surface area contributed by atoms with Crippen LogP contribution in [0.15, 0.2) is 33.7 Å². The highest BCUT2D eigenvalue weighted by Crippen LogP contribution is 2.24. The van der Waals surface area contributed by atoms with Crippen molar-refractivity contribution in [1.82, 2.24) is 14.4 Å². The average molecular weight is 392 g/mol. The van der Waals surface area contributed by atoms with E-state index in [4.69, 9.17) is 4.52 Å². The zero-order chi connectivity index (χ0) is 19.6.